The van der Waals surface area contributed by atoms with Crippen molar-refractivity contribution in [1.29, 1.82) is 0 Å². The summed E-state index contributed by atoms with van der Waals surface area (Å²) in [5.41, 5.74) is 11.9. The number of ether oxygens (including phenoxy) is 2. The summed E-state index contributed by atoms with van der Waals surface area (Å²) in [4.78, 5) is 44.3. The summed E-state index contributed by atoms with van der Waals surface area (Å²) in [6.07, 6.45) is 1.19. The predicted molar refractivity (Wildman–Crippen MR) is 185 cm³/mol. The van der Waals surface area contributed by atoms with E-state index in [2.05, 4.69) is 13.2 Å². The topological polar surface area (TPSA) is 107 Å². The average Bonchev–Trinajstić information content (AvgIpc) is 3.67. The first kappa shape index (κ1) is 36.0. The molecular formula is C36H34Cl2CuN4O4. The van der Waals surface area contributed by atoms with Gasteiger partial charge < -0.3 is 19.4 Å². The Bertz CT molecular complexity index is 2070. The van der Waals surface area contributed by atoms with Crippen LogP contribution >= 0.6 is 23.2 Å². The molecular weight excluding hydrogens is 687 g/mol. The maximum absolute atomic E-state index is 12.2. The molecule has 8 bridgehead atoms. The zero-order valence-electron chi connectivity index (χ0n) is 27.0. The number of methoxy groups -OCH3 is 2. The number of fused-ring (bicyclic) bond motifs is 8. The minimum Gasteiger partial charge on any atom is -0.657 e. The van der Waals surface area contributed by atoms with Crippen LogP contribution in [-0.2, 0) is 42.6 Å². The Kier molecular flexibility index (Phi) is 11.1. The van der Waals surface area contributed by atoms with Crippen LogP contribution in [0.1, 0.15) is 78.1 Å². The Morgan fingerprint density at radius 1 is 0.702 bits per heavy atom. The smallest absolute Gasteiger partial charge is 0.657 e. The number of hydrogen-bond acceptors (Lipinski definition) is 6. The summed E-state index contributed by atoms with van der Waals surface area (Å²) in [7, 11) is 2.74. The van der Waals surface area contributed by atoms with Crippen LogP contribution in [0.5, 0.6) is 0 Å². The molecule has 2 aliphatic heterocycles. The van der Waals surface area contributed by atoms with Crippen LogP contribution in [0.25, 0.3) is 49.4 Å². The summed E-state index contributed by atoms with van der Waals surface area (Å²) in [6.45, 7) is 15.8. The molecule has 0 aliphatic carbocycles. The minimum atomic E-state index is -0.321. The van der Waals surface area contributed by atoms with Crippen molar-refractivity contribution in [2.24, 2.45) is 0 Å². The number of carbonyl (C=O) groups is 2. The van der Waals surface area contributed by atoms with Crippen molar-refractivity contribution in [2.75, 3.05) is 14.2 Å². The van der Waals surface area contributed by atoms with Gasteiger partial charge in [-0.2, -0.15) is 0 Å². The Morgan fingerprint density at radius 2 is 1.21 bits per heavy atom. The molecule has 3 aromatic heterocycles. The SMILES string of the molecule is C=C(Cl)C1=C(C)c2cc3[n-]c(cc4nc(cc5[n-]c(cc1n2)c(C)c5CCC(=O)OC)C(CCC(=O)OC)=C4C)c(C)c3C(=C)Cl.[Cu+2]. The van der Waals surface area contributed by atoms with Gasteiger partial charge in [-0.3, -0.25) is 9.59 Å². The predicted octanol–water partition coefficient (Wildman–Crippen LogP) is 8.07. The molecule has 0 amide bonds. The van der Waals surface area contributed by atoms with Crippen LogP contribution in [0.3, 0.4) is 0 Å². The summed E-state index contributed by atoms with van der Waals surface area (Å²) in [6, 6.07) is 7.58. The quantitative estimate of drug-likeness (QED) is 0.170. The van der Waals surface area contributed by atoms with E-state index in [4.69, 9.17) is 52.6 Å². The Labute approximate surface area is 294 Å². The van der Waals surface area contributed by atoms with E-state index in [9.17, 15) is 9.59 Å². The Hall–Kier alpha value is -3.88. The number of aryl methyl sites for hydroxylation is 3. The molecule has 247 valence electrons. The van der Waals surface area contributed by atoms with E-state index in [1.165, 1.54) is 14.2 Å². The summed E-state index contributed by atoms with van der Waals surface area (Å²) in [5.74, 6) is -0.640. The van der Waals surface area contributed by atoms with E-state index >= 15 is 0 Å². The largest absolute Gasteiger partial charge is 2.00 e. The number of hydrogen-bond donors (Lipinski definition) is 0. The number of allylic oxidation sites excluding steroid dienone is 5. The van der Waals surface area contributed by atoms with Gasteiger partial charge in [-0.15, -0.1) is 22.1 Å². The molecule has 1 radical (unpaired) electrons. The van der Waals surface area contributed by atoms with Gasteiger partial charge in [0.15, 0.2) is 0 Å². The van der Waals surface area contributed by atoms with E-state index < -0.39 is 0 Å². The summed E-state index contributed by atoms with van der Waals surface area (Å²) < 4.78 is 9.86. The first-order valence-corrected chi connectivity index (χ1v) is 15.5. The molecule has 11 heteroatoms. The molecule has 0 fully saturated rings. The standard InChI is InChI=1S/C36H34Cl2N4O4.Cu/c1-17-23(9-11-33(43)45-7)29-16-30-24(10-12-34(44)46-8)18(2)26(40-30)14-31-36(22(6)38)20(4)28(42-31)15-32-35(21(5)37)19(3)27(41-32)13-25(17)39-29;/h13-16H,5-6,9-12H2,1-4,7-8H3;/q-2;+2. The molecule has 0 spiro atoms. The van der Waals surface area contributed by atoms with Crippen molar-refractivity contribution in [3.8, 4) is 0 Å². The number of nitrogens with zero attached hydrogens (tertiary/aromatic N) is 4. The third-order valence-electron chi connectivity index (χ3n) is 8.54. The first-order valence-electron chi connectivity index (χ1n) is 14.7. The fourth-order valence-electron chi connectivity index (χ4n) is 5.94. The number of carbonyl (C=O) groups excluding carboxylic acids is 2. The van der Waals surface area contributed by atoms with Crippen LogP contribution in [0.4, 0.5) is 0 Å². The fourth-order valence-corrected chi connectivity index (χ4v) is 6.41. The van der Waals surface area contributed by atoms with E-state index in [-0.39, 0.29) is 41.8 Å². The van der Waals surface area contributed by atoms with Gasteiger partial charge in [0.2, 0.25) is 0 Å². The van der Waals surface area contributed by atoms with Crippen LogP contribution < -0.4 is 9.97 Å². The van der Waals surface area contributed by atoms with Crippen molar-refractivity contribution in [3.05, 3.63) is 87.5 Å². The fraction of sp³-hybridized carbons (Fsp3) is 0.278. The molecule has 2 aliphatic rings. The monoisotopic (exact) mass is 719 g/mol. The van der Waals surface area contributed by atoms with Crippen LogP contribution in [-0.4, -0.2) is 36.1 Å². The van der Waals surface area contributed by atoms with Crippen LogP contribution in [0, 0.1) is 13.8 Å². The second kappa shape index (κ2) is 14.5. The van der Waals surface area contributed by atoms with E-state index in [1.807, 2.05) is 52.0 Å². The Balaban J connectivity index is 0.00000500. The molecule has 0 saturated heterocycles. The molecule has 5 heterocycles. The van der Waals surface area contributed by atoms with E-state index in [0.717, 1.165) is 33.4 Å². The van der Waals surface area contributed by atoms with Gasteiger partial charge in [0.25, 0.3) is 0 Å². The number of esters is 2. The van der Waals surface area contributed by atoms with Crippen LogP contribution in [0.2, 0.25) is 0 Å². The molecule has 0 aromatic carbocycles. The molecule has 0 unspecified atom stereocenters. The van der Waals surface area contributed by atoms with Crippen molar-refractivity contribution < 1.29 is 36.1 Å². The third-order valence-corrected chi connectivity index (χ3v) is 8.91. The Morgan fingerprint density at radius 3 is 1.83 bits per heavy atom. The third kappa shape index (κ3) is 7.04. The summed E-state index contributed by atoms with van der Waals surface area (Å²) in [5, 5.41) is 0.701. The zero-order valence-corrected chi connectivity index (χ0v) is 29.5. The first-order chi connectivity index (χ1) is 21.8. The summed E-state index contributed by atoms with van der Waals surface area (Å²) >= 11 is 13.1. The number of halogens is 2. The van der Waals surface area contributed by atoms with Crippen LogP contribution in [0.15, 0.2) is 42.5 Å². The van der Waals surface area contributed by atoms with Gasteiger partial charge in [-0.25, -0.2) is 9.97 Å². The number of rotatable bonds is 8. The molecule has 47 heavy (non-hydrogen) atoms. The second-order valence-electron chi connectivity index (χ2n) is 11.3. The minimum absolute atomic E-state index is 0. The van der Waals surface area contributed by atoms with E-state index in [0.29, 0.717) is 78.9 Å². The van der Waals surface area contributed by atoms with Crippen molar-refractivity contribution in [3.63, 3.8) is 0 Å². The van der Waals surface area contributed by atoms with Gasteiger partial charge in [-0.05, 0) is 62.8 Å². The molecule has 3 aromatic rings. The molecule has 0 saturated carbocycles. The van der Waals surface area contributed by atoms with Gasteiger partial charge in [0.1, 0.15) is 0 Å². The maximum Gasteiger partial charge on any atom is 2.00 e. The zero-order chi connectivity index (χ0) is 33.4. The molecule has 0 N–H and O–H groups in total. The van der Waals surface area contributed by atoms with Crippen molar-refractivity contribution in [1.82, 2.24) is 19.9 Å². The second-order valence-corrected chi connectivity index (χ2v) is 12.2. The average molecular weight is 721 g/mol. The number of aromatic nitrogens is 4. The maximum atomic E-state index is 12.2. The van der Waals surface area contributed by atoms with Crippen molar-refractivity contribution in [2.45, 2.75) is 53.4 Å². The van der Waals surface area contributed by atoms with Crippen molar-refractivity contribution >= 4 is 84.5 Å². The van der Waals surface area contributed by atoms with Gasteiger partial charge in [0, 0.05) is 28.5 Å². The molecule has 5 rings (SSSR count). The van der Waals surface area contributed by atoms with E-state index in [1.54, 1.807) is 0 Å². The van der Waals surface area contributed by atoms with Gasteiger partial charge in [0.05, 0.1) is 37.0 Å². The normalized spacial score (nSPS) is 12.6. The van der Waals surface area contributed by atoms with Gasteiger partial charge in [-0.1, -0.05) is 77.3 Å². The van der Waals surface area contributed by atoms with Gasteiger partial charge >= 0.3 is 29.0 Å². The molecule has 8 nitrogen and oxygen atoms in total. The molecule has 0 atom stereocenters.